The van der Waals surface area contributed by atoms with Gasteiger partial charge in [0.25, 0.3) is 0 Å². The monoisotopic (exact) mass is 202 g/mol. The molecule has 0 atom stereocenters. The number of benzene rings is 1. The molecule has 2 aromatic rings. The second-order valence-electron chi connectivity index (χ2n) is 3.58. The third kappa shape index (κ3) is 1.63. The van der Waals surface area contributed by atoms with Crippen LogP contribution in [-0.4, -0.2) is 7.11 Å². The Balaban J connectivity index is 2.63. The average molecular weight is 202 g/mol. The molecule has 1 heterocycles. The van der Waals surface area contributed by atoms with E-state index in [1.54, 1.807) is 13.4 Å². The predicted molar refractivity (Wildman–Crippen MR) is 60.2 cm³/mol. The molecular weight excluding hydrogens is 188 g/mol. The number of aryl methyl sites for hydroxylation is 2. The van der Waals surface area contributed by atoms with Crippen molar-refractivity contribution in [2.75, 3.05) is 7.11 Å². The fraction of sp³-hybridized carbons (Fsp3) is 0.231. The molecule has 78 valence electrons. The molecule has 15 heavy (non-hydrogen) atoms. The van der Waals surface area contributed by atoms with Gasteiger partial charge in [-0.05, 0) is 25.0 Å². The Hall–Kier alpha value is -1.70. The van der Waals surface area contributed by atoms with Gasteiger partial charge in [0.15, 0.2) is 11.5 Å². The molecule has 0 spiro atoms. The van der Waals surface area contributed by atoms with E-state index in [9.17, 15) is 0 Å². The van der Waals surface area contributed by atoms with E-state index in [-0.39, 0.29) is 0 Å². The molecule has 0 bridgehead atoms. The summed E-state index contributed by atoms with van der Waals surface area (Å²) in [5.41, 5.74) is 3.52. The van der Waals surface area contributed by atoms with Crippen LogP contribution in [-0.2, 0) is 0 Å². The van der Waals surface area contributed by atoms with Crippen molar-refractivity contribution in [1.82, 2.24) is 0 Å². The smallest absolute Gasteiger partial charge is 0.176 e. The Morgan fingerprint density at radius 2 is 1.73 bits per heavy atom. The van der Waals surface area contributed by atoms with Gasteiger partial charge < -0.3 is 9.15 Å². The first-order chi connectivity index (χ1) is 7.24. The maximum Gasteiger partial charge on any atom is 0.176 e. The van der Waals surface area contributed by atoms with Crippen LogP contribution in [0.15, 0.2) is 34.9 Å². The molecule has 0 fully saturated rings. The molecule has 2 rings (SSSR count). The molecular formula is C13H14O2. The largest absolute Gasteiger partial charge is 0.493 e. The molecule has 0 aliphatic carbocycles. The van der Waals surface area contributed by atoms with Crippen molar-refractivity contribution in [3.8, 4) is 17.1 Å². The molecule has 0 saturated carbocycles. The molecule has 1 aromatic heterocycles. The summed E-state index contributed by atoms with van der Waals surface area (Å²) in [5, 5.41) is 0. The molecule has 1 aromatic carbocycles. The highest BCUT2D eigenvalue weighted by Gasteiger charge is 2.13. The Bertz CT molecular complexity index is 449. The fourth-order valence-corrected chi connectivity index (χ4v) is 1.81. The summed E-state index contributed by atoms with van der Waals surface area (Å²) in [7, 11) is 1.65. The van der Waals surface area contributed by atoms with Gasteiger partial charge in [-0.2, -0.15) is 0 Å². The van der Waals surface area contributed by atoms with E-state index < -0.39 is 0 Å². The molecule has 0 unspecified atom stereocenters. The minimum atomic E-state index is 0.785. The SMILES string of the molecule is COc1ccoc1-c1c(C)cccc1C. The second-order valence-corrected chi connectivity index (χ2v) is 3.58. The van der Waals surface area contributed by atoms with Crippen LogP contribution in [0, 0.1) is 13.8 Å². The molecule has 0 N–H and O–H groups in total. The van der Waals surface area contributed by atoms with E-state index in [2.05, 4.69) is 26.0 Å². The molecule has 2 nitrogen and oxygen atoms in total. The first-order valence-electron chi connectivity index (χ1n) is 4.92. The Morgan fingerprint density at radius 1 is 1.07 bits per heavy atom. The summed E-state index contributed by atoms with van der Waals surface area (Å²) in [6, 6.07) is 8.03. The van der Waals surface area contributed by atoms with Gasteiger partial charge in [-0.1, -0.05) is 18.2 Å². The van der Waals surface area contributed by atoms with E-state index in [1.165, 1.54) is 11.1 Å². The minimum absolute atomic E-state index is 0.785. The van der Waals surface area contributed by atoms with E-state index in [1.807, 2.05) is 12.1 Å². The van der Waals surface area contributed by atoms with Crippen molar-refractivity contribution in [1.29, 1.82) is 0 Å². The number of furan rings is 1. The highest BCUT2D eigenvalue weighted by atomic mass is 16.5. The average Bonchev–Trinajstić information content (AvgIpc) is 2.65. The number of ether oxygens (including phenoxy) is 1. The summed E-state index contributed by atoms with van der Waals surface area (Å²) in [4.78, 5) is 0. The van der Waals surface area contributed by atoms with Crippen molar-refractivity contribution in [3.05, 3.63) is 41.7 Å². The van der Waals surface area contributed by atoms with E-state index >= 15 is 0 Å². The zero-order valence-corrected chi connectivity index (χ0v) is 9.20. The lowest BCUT2D eigenvalue weighted by Gasteiger charge is -2.08. The summed E-state index contributed by atoms with van der Waals surface area (Å²) < 4.78 is 10.7. The maximum absolute atomic E-state index is 5.48. The summed E-state index contributed by atoms with van der Waals surface area (Å²) >= 11 is 0. The van der Waals surface area contributed by atoms with Crippen LogP contribution in [0.4, 0.5) is 0 Å². The van der Waals surface area contributed by atoms with Crippen molar-refractivity contribution >= 4 is 0 Å². The van der Waals surface area contributed by atoms with Gasteiger partial charge in [-0.15, -0.1) is 0 Å². The summed E-state index contributed by atoms with van der Waals surface area (Å²) in [6.45, 7) is 4.15. The topological polar surface area (TPSA) is 22.4 Å². The van der Waals surface area contributed by atoms with Crippen LogP contribution >= 0.6 is 0 Å². The van der Waals surface area contributed by atoms with Crippen molar-refractivity contribution in [2.24, 2.45) is 0 Å². The molecule has 2 heteroatoms. The van der Waals surface area contributed by atoms with Gasteiger partial charge in [-0.3, -0.25) is 0 Å². The second kappa shape index (κ2) is 3.81. The van der Waals surface area contributed by atoms with Crippen molar-refractivity contribution in [2.45, 2.75) is 13.8 Å². The van der Waals surface area contributed by atoms with Gasteiger partial charge in [0.2, 0.25) is 0 Å². The van der Waals surface area contributed by atoms with Crippen LogP contribution in [0.1, 0.15) is 11.1 Å². The molecule has 0 radical (unpaired) electrons. The number of hydrogen-bond acceptors (Lipinski definition) is 2. The Morgan fingerprint density at radius 3 is 2.33 bits per heavy atom. The Labute approximate surface area is 89.5 Å². The third-order valence-corrected chi connectivity index (χ3v) is 2.56. The lowest BCUT2D eigenvalue weighted by molar-refractivity contribution is 0.410. The third-order valence-electron chi connectivity index (χ3n) is 2.56. The normalized spacial score (nSPS) is 10.3. The van der Waals surface area contributed by atoms with E-state index in [0.29, 0.717) is 0 Å². The van der Waals surface area contributed by atoms with Gasteiger partial charge in [0.1, 0.15) is 0 Å². The lowest BCUT2D eigenvalue weighted by Crippen LogP contribution is -1.89. The zero-order chi connectivity index (χ0) is 10.8. The van der Waals surface area contributed by atoms with E-state index in [4.69, 9.17) is 9.15 Å². The molecule has 0 saturated heterocycles. The van der Waals surface area contributed by atoms with Crippen molar-refractivity contribution in [3.63, 3.8) is 0 Å². The van der Waals surface area contributed by atoms with Gasteiger partial charge >= 0.3 is 0 Å². The maximum atomic E-state index is 5.48. The van der Waals surface area contributed by atoms with Crippen LogP contribution in [0.3, 0.4) is 0 Å². The van der Waals surface area contributed by atoms with Crippen LogP contribution < -0.4 is 4.74 Å². The summed E-state index contributed by atoms with van der Waals surface area (Å²) in [5.74, 6) is 1.60. The Kier molecular flexibility index (Phi) is 2.50. The van der Waals surface area contributed by atoms with Crippen molar-refractivity contribution < 1.29 is 9.15 Å². The van der Waals surface area contributed by atoms with Crippen LogP contribution in [0.25, 0.3) is 11.3 Å². The first kappa shape index (κ1) is 9.84. The number of rotatable bonds is 2. The molecule has 0 amide bonds. The van der Waals surface area contributed by atoms with Gasteiger partial charge in [0, 0.05) is 11.6 Å². The lowest BCUT2D eigenvalue weighted by atomic mass is 10.0. The summed E-state index contributed by atoms with van der Waals surface area (Å²) in [6.07, 6.45) is 1.65. The fourth-order valence-electron chi connectivity index (χ4n) is 1.81. The van der Waals surface area contributed by atoms with E-state index in [0.717, 1.165) is 17.1 Å². The quantitative estimate of drug-likeness (QED) is 0.742. The number of methoxy groups -OCH3 is 1. The first-order valence-corrected chi connectivity index (χ1v) is 4.92. The van der Waals surface area contributed by atoms with Crippen LogP contribution in [0.2, 0.25) is 0 Å². The molecule has 0 aliphatic heterocycles. The zero-order valence-electron chi connectivity index (χ0n) is 9.20. The predicted octanol–water partition coefficient (Wildman–Crippen LogP) is 3.57. The molecule has 0 aliphatic rings. The standard InChI is InChI=1S/C13H14O2/c1-9-5-4-6-10(2)12(9)13-11(14-3)7-8-15-13/h4-8H,1-3H3. The minimum Gasteiger partial charge on any atom is -0.493 e. The highest BCUT2D eigenvalue weighted by Crippen LogP contribution is 2.35. The number of hydrogen-bond donors (Lipinski definition) is 0. The van der Waals surface area contributed by atoms with Gasteiger partial charge in [0.05, 0.1) is 13.4 Å². The van der Waals surface area contributed by atoms with Crippen LogP contribution in [0.5, 0.6) is 5.75 Å². The highest BCUT2D eigenvalue weighted by molar-refractivity contribution is 5.71. The van der Waals surface area contributed by atoms with Gasteiger partial charge in [-0.25, -0.2) is 0 Å².